The van der Waals surface area contributed by atoms with Gasteiger partial charge in [-0.25, -0.2) is 9.37 Å². The lowest BCUT2D eigenvalue weighted by Crippen LogP contribution is -2.26. The highest BCUT2D eigenvalue weighted by atomic mass is 35.5. The minimum absolute atomic E-state index is 0.332. The van der Waals surface area contributed by atoms with E-state index < -0.39 is 0 Å². The molecule has 1 aromatic rings. The highest BCUT2D eigenvalue weighted by Gasteiger charge is 2.21. The molecule has 1 N–H and O–H groups in total. The molecular formula is C14H20ClFN2. The van der Waals surface area contributed by atoms with E-state index in [1.54, 1.807) is 0 Å². The standard InChI is InChI=1S/C14H20ClFN2/c1-2-3-10-4-6-12(7-5-10)18-14-13(16)8-11(15)9-17-14/h8-10,12H,2-7H2,1H3,(H,17,18). The fraction of sp³-hybridized carbons (Fsp3) is 0.643. The Labute approximate surface area is 113 Å². The molecule has 18 heavy (non-hydrogen) atoms. The van der Waals surface area contributed by atoms with E-state index in [0.717, 1.165) is 18.8 Å². The van der Waals surface area contributed by atoms with Crippen LogP contribution in [-0.4, -0.2) is 11.0 Å². The summed E-state index contributed by atoms with van der Waals surface area (Å²) in [6, 6.07) is 1.65. The first kappa shape index (κ1) is 13.6. The number of hydrogen-bond donors (Lipinski definition) is 1. The second-order valence-corrected chi connectivity index (χ2v) is 5.57. The summed E-state index contributed by atoms with van der Waals surface area (Å²) < 4.78 is 13.6. The highest BCUT2D eigenvalue weighted by molar-refractivity contribution is 6.30. The number of aromatic nitrogens is 1. The Morgan fingerprint density at radius 1 is 1.39 bits per heavy atom. The van der Waals surface area contributed by atoms with Crippen molar-refractivity contribution < 1.29 is 4.39 Å². The van der Waals surface area contributed by atoms with Gasteiger partial charge < -0.3 is 5.32 Å². The molecule has 0 radical (unpaired) electrons. The SMILES string of the molecule is CCCC1CCC(Nc2ncc(Cl)cc2F)CC1. The molecule has 1 aromatic heterocycles. The van der Waals surface area contributed by atoms with Gasteiger partial charge >= 0.3 is 0 Å². The Bertz CT molecular complexity index is 389. The fourth-order valence-corrected chi connectivity index (χ4v) is 2.86. The van der Waals surface area contributed by atoms with Crippen molar-refractivity contribution in [1.82, 2.24) is 4.98 Å². The molecule has 1 aliphatic carbocycles. The minimum Gasteiger partial charge on any atom is -0.365 e. The fourth-order valence-electron chi connectivity index (χ4n) is 2.72. The van der Waals surface area contributed by atoms with Gasteiger partial charge in [-0.1, -0.05) is 31.4 Å². The van der Waals surface area contributed by atoms with Crippen molar-refractivity contribution in [3.05, 3.63) is 23.1 Å². The largest absolute Gasteiger partial charge is 0.365 e. The summed E-state index contributed by atoms with van der Waals surface area (Å²) in [4.78, 5) is 4.01. The van der Waals surface area contributed by atoms with Crippen molar-refractivity contribution in [2.24, 2.45) is 5.92 Å². The zero-order valence-corrected chi connectivity index (χ0v) is 11.5. The third kappa shape index (κ3) is 3.58. The molecule has 2 rings (SSSR count). The predicted octanol–water partition coefficient (Wildman–Crippen LogP) is 4.64. The third-order valence-electron chi connectivity index (χ3n) is 3.69. The van der Waals surface area contributed by atoms with Crippen LogP contribution in [0.15, 0.2) is 12.3 Å². The van der Waals surface area contributed by atoms with Crippen LogP contribution in [0.4, 0.5) is 10.2 Å². The van der Waals surface area contributed by atoms with Crippen molar-refractivity contribution in [2.45, 2.75) is 51.5 Å². The Balaban J connectivity index is 1.87. The molecule has 1 heterocycles. The van der Waals surface area contributed by atoms with Gasteiger partial charge in [-0.05, 0) is 37.7 Å². The summed E-state index contributed by atoms with van der Waals surface area (Å²) in [5, 5.41) is 3.53. The summed E-state index contributed by atoms with van der Waals surface area (Å²) in [6.07, 6.45) is 8.75. The van der Waals surface area contributed by atoms with E-state index in [0.29, 0.717) is 16.9 Å². The molecule has 1 aliphatic rings. The summed E-state index contributed by atoms with van der Waals surface area (Å²) >= 11 is 5.68. The zero-order valence-electron chi connectivity index (χ0n) is 10.8. The topological polar surface area (TPSA) is 24.9 Å². The first-order valence-electron chi connectivity index (χ1n) is 6.76. The summed E-state index contributed by atoms with van der Waals surface area (Å²) in [5.74, 6) is 0.826. The lowest BCUT2D eigenvalue weighted by molar-refractivity contribution is 0.318. The molecule has 0 spiro atoms. The van der Waals surface area contributed by atoms with Gasteiger partial charge in [-0.15, -0.1) is 0 Å². The molecule has 100 valence electrons. The minimum atomic E-state index is -0.363. The molecular weight excluding hydrogens is 251 g/mol. The molecule has 0 saturated heterocycles. The highest BCUT2D eigenvalue weighted by Crippen LogP contribution is 2.29. The van der Waals surface area contributed by atoms with E-state index in [-0.39, 0.29) is 5.82 Å². The summed E-state index contributed by atoms with van der Waals surface area (Å²) in [6.45, 7) is 2.23. The second-order valence-electron chi connectivity index (χ2n) is 5.13. The summed E-state index contributed by atoms with van der Waals surface area (Å²) in [7, 11) is 0. The lowest BCUT2D eigenvalue weighted by Gasteiger charge is -2.29. The average Bonchev–Trinajstić information content (AvgIpc) is 2.35. The smallest absolute Gasteiger partial charge is 0.166 e. The maximum atomic E-state index is 13.6. The second kappa shape index (κ2) is 6.37. The van der Waals surface area contributed by atoms with Gasteiger partial charge in [0, 0.05) is 12.2 Å². The molecule has 0 bridgehead atoms. The van der Waals surface area contributed by atoms with E-state index in [2.05, 4.69) is 17.2 Å². The van der Waals surface area contributed by atoms with Crippen LogP contribution < -0.4 is 5.32 Å². The van der Waals surface area contributed by atoms with Gasteiger partial charge in [0.1, 0.15) is 0 Å². The number of anilines is 1. The van der Waals surface area contributed by atoms with Gasteiger partial charge in [0.05, 0.1) is 5.02 Å². The van der Waals surface area contributed by atoms with E-state index in [1.165, 1.54) is 37.9 Å². The van der Waals surface area contributed by atoms with Crippen LogP contribution in [0.3, 0.4) is 0 Å². The van der Waals surface area contributed by atoms with E-state index >= 15 is 0 Å². The van der Waals surface area contributed by atoms with Crippen molar-refractivity contribution in [2.75, 3.05) is 5.32 Å². The number of hydrogen-bond acceptors (Lipinski definition) is 2. The van der Waals surface area contributed by atoms with Crippen LogP contribution in [0.2, 0.25) is 5.02 Å². The predicted molar refractivity (Wildman–Crippen MR) is 73.5 cm³/mol. The Morgan fingerprint density at radius 3 is 2.72 bits per heavy atom. The maximum Gasteiger partial charge on any atom is 0.166 e. The Hall–Kier alpha value is -0.830. The molecule has 0 atom stereocenters. The van der Waals surface area contributed by atoms with E-state index in [4.69, 9.17) is 11.6 Å². The van der Waals surface area contributed by atoms with E-state index in [1.807, 2.05) is 0 Å². The van der Waals surface area contributed by atoms with Gasteiger partial charge in [0.15, 0.2) is 11.6 Å². The third-order valence-corrected chi connectivity index (χ3v) is 3.90. The first-order chi connectivity index (χ1) is 8.69. The quantitative estimate of drug-likeness (QED) is 0.862. The lowest BCUT2D eigenvalue weighted by atomic mass is 9.83. The molecule has 0 aromatic carbocycles. The molecule has 1 fully saturated rings. The molecule has 0 aliphatic heterocycles. The molecule has 4 heteroatoms. The Kier molecular flexibility index (Phi) is 4.81. The number of nitrogens with zero attached hydrogens (tertiary/aromatic N) is 1. The van der Waals surface area contributed by atoms with Crippen molar-refractivity contribution in [3.8, 4) is 0 Å². The maximum absolute atomic E-state index is 13.6. The van der Waals surface area contributed by atoms with Crippen LogP contribution in [0.25, 0.3) is 0 Å². The molecule has 0 amide bonds. The Morgan fingerprint density at radius 2 is 2.11 bits per heavy atom. The number of pyridine rings is 1. The summed E-state index contributed by atoms with van der Waals surface area (Å²) in [5.41, 5.74) is 0. The monoisotopic (exact) mass is 270 g/mol. The number of rotatable bonds is 4. The van der Waals surface area contributed by atoms with Crippen molar-refractivity contribution >= 4 is 17.4 Å². The van der Waals surface area contributed by atoms with Gasteiger partial charge in [-0.3, -0.25) is 0 Å². The molecule has 1 saturated carbocycles. The normalized spacial score (nSPS) is 23.9. The van der Waals surface area contributed by atoms with Crippen LogP contribution in [0, 0.1) is 11.7 Å². The van der Waals surface area contributed by atoms with Gasteiger partial charge in [-0.2, -0.15) is 0 Å². The van der Waals surface area contributed by atoms with Crippen molar-refractivity contribution in [1.29, 1.82) is 0 Å². The van der Waals surface area contributed by atoms with Gasteiger partial charge in [0.2, 0.25) is 0 Å². The molecule has 2 nitrogen and oxygen atoms in total. The van der Waals surface area contributed by atoms with Crippen LogP contribution in [-0.2, 0) is 0 Å². The van der Waals surface area contributed by atoms with Crippen molar-refractivity contribution in [3.63, 3.8) is 0 Å². The van der Waals surface area contributed by atoms with Crippen LogP contribution >= 0.6 is 11.6 Å². The van der Waals surface area contributed by atoms with Crippen LogP contribution in [0.5, 0.6) is 0 Å². The van der Waals surface area contributed by atoms with Gasteiger partial charge in [0.25, 0.3) is 0 Å². The first-order valence-corrected chi connectivity index (χ1v) is 7.14. The molecule has 0 unspecified atom stereocenters. The van der Waals surface area contributed by atoms with E-state index in [9.17, 15) is 4.39 Å². The zero-order chi connectivity index (χ0) is 13.0. The number of nitrogens with one attached hydrogen (secondary N) is 1. The number of halogens is 2. The van der Waals surface area contributed by atoms with Crippen LogP contribution in [0.1, 0.15) is 45.4 Å². The average molecular weight is 271 g/mol.